The standard InChI is InChI=1S/C15H24FNO2/c1-17-11-6-7-13(17)14(15(18)19)12(8-11)9-2-4-10(16)5-3-9/h9-14H,2-8H2,1H3,(H,18,19)/t9?,10?,11-,12-,13?,14?/m1/s1. The molecule has 1 aliphatic carbocycles. The molecule has 0 spiro atoms. The number of hydrogen-bond donors (Lipinski definition) is 1. The molecule has 2 bridgehead atoms. The maximum absolute atomic E-state index is 13.3. The number of piperidine rings is 1. The number of carboxylic acids is 1. The summed E-state index contributed by atoms with van der Waals surface area (Å²) in [7, 11) is 2.08. The van der Waals surface area contributed by atoms with Gasteiger partial charge in [-0.25, -0.2) is 4.39 Å². The molecule has 2 heterocycles. The lowest BCUT2D eigenvalue weighted by Crippen LogP contribution is -2.51. The Bertz CT molecular complexity index is 354. The van der Waals surface area contributed by atoms with Gasteiger partial charge in [-0.1, -0.05) is 0 Å². The van der Waals surface area contributed by atoms with Gasteiger partial charge in [0.05, 0.1) is 5.92 Å². The van der Waals surface area contributed by atoms with Crippen LogP contribution in [-0.4, -0.2) is 41.3 Å². The van der Waals surface area contributed by atoms with E-state index in [1.807, 2.05) is 0 Å². The average Bonchev–Trinajstić information content (AvgIpc) is 2.63. The van der Waals surface area contributed by atoms with Crippen LogP contribution in [0.15, 0.2) is 0 Å². The molecule has 2 unspecified atom stereocenters. The van der Waals surface area contributed by atoms with Crippen molar-refractivity contribution in [3.8, 4) is 0 Å². The normalized spacial score (nSPS) is 47.3. The molecule has 2 aliphatic heterocycles. The van der Waals surface area contributed by atoms with Crippen LogP contribution < -0.4 is 0 Å². The van der Waals surface area contributed by atoms with Crippen LogP contribution in [0.25, 0.3) is 0 Å². The van der Waals surface area contributed by atoms with Crippen molar-refractivity contribution in [3.05, 3.63) is 0 Å². The van der Waals surface area contributed by atoms with Crippen molar-refractivity contribution in [3.63, 3.8) is 0 Å². The zero-order valence-corrected chi connectivity index (χ0v) is 11.6. The fourth-order valence-corrected chi connectivity index (χ4v) is 4.84. The van der Waals surface area contributed by atoms with E-state index in [1.54, 1.807) is 0 Å². The smallest absolute Gasteiger partial charge is 0.308 e. The molecule has 0 aromatic carbocycles. The Kier molecular flexibility index (Phi) is 3.54. The van der Waals surface area contributed by atoms with Gasteiger partial charge in [-0.15, -0.1) is 0 Å². The zero-order chi connectivity index (χ0) is 13.6. The lowest BCUT2D eigenvalue weighted by Gasteiger charge is -2.45. The minimum absolute atomic E-state index is 0.212. The maximum atomic E-state index is 13.3. The van der Waals surface area contributed by atoms with Crippen LogP contribution in [0.5, 0.6) is 0 Å². The first-order valence-electron chi connectivity index (χ1n) is 7.66. The molecule has 0 aromatic heterocycles. The van der Waals surface area contributed by atoms with Crippen molar-refractivity contribution >= 4 is 5.97 Å². The number of aliphatic carboxylic acids is 1. The number of alkyl halides is 1. The van der Waals surface area contributed by atoms with E-state index in [4.69, 9.17) is 0 Å². The zero-order valence-electron chi connectivity index (χ0n) is 11.6. The molecule has 0 radical (unpaired) electrons. The highest BCUT2D eigenvalue weighted by Gasteiger charge is 2.51. The van der Waals surface area contributed by atoms with Crippen LogP contribution in [0, 0.1) is 17.8 Å². The summed E-state index contributed by atoms with van der Waals surface area (Å²) in [6.07, 6.45) is 5.57. The second kappa shape index (κ2) is 5.04. The quantitative estimate of drug-likeness (QED) is 0.838. The molecule has 0 amide bonds. The van der Waals surface area contributed by atoms with E-state index in [2.05, 4.69) is 11.9 Å². The van der Waals surface area contributed by atoms with Crippen LogP contribution in [0.4, 0.5) is 4.39 Å². The Hall–Kier alpha value is -0.640. The van der Waals surface area contributed by atoms with Crippen LogP contribution in [0.1, 0.15) is 44.9 Å². The van der Waals surface area contributed by atoms with E-state index in [9.17, 15) is 14.3 Å². The first kappa shape index (κ1) is 13.3. The lowest BCUT2D eigenvalue weighted by atomic mass is 9.68. The van der Waals surface area contributed by atoms with Gasteiger partial charge < -0.3 is 5.11 Å². The summed E-state index contributed by atoms with van der Waals surface area (Å²) in [4.78, 5) is 14.0. The number of carboxylic acid groups (broad SMARTS) is 1. The van der Waals surface area contributed by atoms with E-state index in [0.29, 0.717) is 24.8 Å². The number of hydrogen-bond acceptors (Lipinski definition) is 2. The highest BCUT2D eigenvalue weighted by Crippen LogP contribution is 2.47. The molecule has 108 valence electrons. The summed E-state index contributed by atoms with van der Waals surface area (Å²) in [5.74, 6) is -0.155. The average molecular weight is 269 g/mol. The minimum atomic E-state index is -0.650. The summed E-state index contributed by atoms with van der Waals surface area (Å²) in [5.41, 5.74) is 0. The van der Waals surface area contributed by atoms with Gasteiger partial charge in [0.2, 0.25) is 0 Å². The molecule has 1 saturated carbocycles. The monoisotopic (exact) mass is 269 g/mol. The van der Waals surface area contributed by atoms with E-state index in [0.717, 1.165) is 32.1 Å². The van der Waals surface area contributed by atoms with Gasteiger partial charge in [0, 0.05) is 12.1 Å². The number of halogens is 1. The van der Waals surface area contributed by atoms with Crippen molar-refractivity contribution < 1.29 is 14.3 Å². The molecule has 4 heteroatoms. The Balaban J connectivity index is 1.78. The molecule has 2 saturated heterocycles. The molecule has 1 N–H and O–H groups in total. The number of nitrogens with zero attached hydrogens (tertiary/aromatic N) is 1. The van der Waals surface area contributed by atoms with E-state index in [-0.39, 0.29) is 17.9 Å². The topological polar surface area (TPSA) is 40.5 Å². The third-order valence-electron chi connectivity index (χ3n) is 5.91. The number of carbonyl (C=O) groups is 1. The molecule has 3 rings (SSSR count). The summed E-state index contributed by atoms with van der Waals surface area (Å²) >= 11 is 0. The SMILES string of the molecule is CN1C2CC[C@@H]1C[C@H](C1CCC(F)CC1)C2C(=O)O. The van der Waals surface area contributed by atoms with Crippen molar-refractivity contribution in [1.82, 2.24) is 4.90 Å². The minimum Gasteiger partial charge on any atom is -0.481 e. The van der Waals surface area contributed by atoms with Gasteiger partial charge in [-0.05, 0) is 63.8 Å². The first-order valence-corrected chi connectivity index (χ1v) is 7.66. The third kappa shape index (κ3) is 2.28. The van der Waals surface area contributed by atoms with Crippen molar-refractivity contribution in [2.75, 3.05) is 7.05 Å². The Morgan fingerprint density at radius 2 is 1.84 bits per heavy atom. The fourth-order valence-electron chi connectivity index (χ4n) is 4.84. The molecule has 0 aromatic rings. The fraction of sp³-hybridized carbons (Fsp3) is 0.933. The van der Waals surface area contributed by atoms with Gasteiger partial charge in [-0.2, -0.15) is 0 Å². The molecule has 4 atom stereocenters. The maximum Gasteiger partial charge on any atom is 0.308 e. The summed E-state index contributed by atoms with van der Waals surface area (Å²) < 4.78 is 13.3. The summed E-state index contributed by atoms with van der Waals surface area (Å²) in [6.45, 7) is 0. The highest BCUT2D eigenvalue weighted by atomic mass is 19.1. The van der Waals surface area contributed by atoms with Crippen molar-refractivity contribution in [2.24, 2.45) is 17.8 Å². The Morgan fingerprint density at radius 1 is 1.16 bits per heavy atom. The second-order valence-electron chi connectivity index (χ2n) is 6.74. The molecular formula is C15H24FNO2. The van der Waals surface area contributed by atoms with Gasteiger partial charge in [-0.3, -0.25) is 9.69 Å². The Morgan fingerprint density at radius 3 is 2.47 bits per heavy atom. The van der Waals surface area contributed by atoms with Crippen LogP contribution in [-0.2, 0) is 4.79 Å². The van der Waals surface area contributed by atoms with E-state index in [1.165, 1.54) is 0 Å². The Labute approximate surface area is 114 Å². The predicted molar refractivity (Wildman–Crippen MR) is 70.7 cm³/mol. The van der Waals surface area contributed by atoms with Gasteiger partial charge in [0.1, 0.15) is 6.17 Å². The summed E-state index contributed by atoms with van der Waals surface area (Å²) in [6, 6.07) is 0.776. The number of rotatable bonds is 2. The van der Waals surface area contributed by atoms with E-state index >= 15 is 0 Å². The van der Waals surface area contributed by atoms with Gasteiger partial charge >= 0.3 is 5.97 Å². The van der Waals surface area contributed by atoms with Crippen LogP contribution in [0.2, 0.25) is 0 Å². The second-order valence-corrected chi connectivity index (χ2v) is 6.74. The van der Waals surface area contributed by atoms with E-state index < -0.39 is 12.1 Å². The summed E-state index contributed by atoms with van der Waals surface area (Å²) in [5, 5.41) is 9.63. The van der Waals surface area contributed by atoms with Crippen molar-refractivity contribution in [1.29, 1.82) is 0 Å². The lowest BCUT2D eigenvalue weighted by molar-refractivity contribution is -0.150. The highest BCUT2D eigenvalue weighted by molar-refractivity contribution is 5.71. The van der Waals surface area contributed by atoms with Crippen LogP contribution in [0.3, 0.4) is 0 Å². The largest absolute Gasteiger partial charge is 0.481 e. The number of fused-ring (bicyclic) bond motifs is 2. The molecule has 3 aliphatic rings. The van der Waals surface area contributed by atoms with Gasteiger partial charge in [0.25, 0.3) is 0 Å². The first-order chi connectivity index (χ1) is 9.08. The van der Waals surface area contributed by atoms with Crippen LogP contribution >= 0.6 is 0 Å². The molecule has 3 fully saturated rings. The van der Waals surface area contributed by atoms with Gasteiger partial charge in [0.15, 0.2) is 0 Å². The predicted octanol–water partition coefficient (Wildman–Crippen LogP) is 2.70. The molecule has 3 nitrogen and oxygen atoms in total. The van der Waals surface area contributed by atoms with Crippen molar-refractivity contribution in [2.45, 2.75) is 63.2 Å². The molecular weight excluding hydrogens is 245 g/mol. The third-order valence-corrected chi connectivity index (χ3v) is 5.91. The molecule has 19 heavy (non-hydrogen) atoms.